The zero-order valence-electron chi connectivity index (χ0n) is 10.0. The number of carbonyl (C=O) groups excluding carboxylic acids is 1. The number of carbonyl (C=O) groups is 1. The van der Waals surface area contributed by atoms with Gasteiger partial charge in [-0.05, 0) is 25.5 Å². The van der Waals surface area contributed by atoms with Gasteiger partial charge in [-0.3, -0.25) is 4.79 Å². The summed E-state index contributed by atoms with van der Waals surface area (Å²) in [7, 11) is -3.52. The van der Waals surface area contributed by atoms with Gasteiger partial charge in [0, 0.05) is 13.0 Å². The molecule has 3 N–H and O–H groups in total. The zero-order chi connectivity index (χ0) is 13.6. The van der Waals surface area contributed by atoms with E-state index in [0.717, 1.165) is 5.56 Å². The SMILES string of the molecule is Cc1ccc(S(=O)(=O)NCCCC(=O)ON)cc1. The van der Waals surface area contributed by atoms with Gasteiger partial charge in [0.1, 0.15) is 0 Å². The molecule has 0 saturated heterocycles. The number of benzene rings is 1. The molecule has 18 heavy (non-hydrogen) atoms. The van der Waals surface area contributed by atoms with Crippen molar-refractivity contribution in [3.8, 4) is 0 Å². The van der Waals surface area contributed by atoms with Crippen molar-refractivity contribution in [2.24, 2.45) is 5.90 Å². The second-order valence-corrected chi connectivity index (χ2v) is 5.57. The summed E-state index contributed by atoms with van der Waals surface area (Å²) in [5.74, 6) is 4.09. The van der Waals surface area contributed by atoms with E-state index in [1.807, 2.05) is 6.92 Å². The number of rotatable bonds is 6. The van der Waals surface area contributed by atoms with Gasteiger partial charge in [-0.15, -0.1) is 0 Å². The van der Waals surface area contributed by atoms with E-state index in [9.17, 15) is 13.2 Å². The highest BCUT2D eigenvalue weighted by molar-refractivity contribution is 7.89. The predicted molar refractivity (Wildman–Crippen MR) is 65.9 cm³/mol. The van der Waals surface area contributed by atoms with E-state index in [4.69, 9.17) is 0 Å². The summed E-state index contributed by atoms with van der Waals surface area (Å²) in [4.78, 5) is 14.9. The number of hydrogen-bond acceptors (Lipinski definition) is 5. The third-order valence-electron chi connectivity index (χ3n) is 2.31. The largest absolute Gasteiger partial charge is 0.373 e. The smallest absolute Gasteiger partial charge is 0.324 e. The highest BCUT2D eigenvalue weighted by Crippen LogP contribution is 2.09. The van der Waals surface area contributed by atoms with Crippen molar-refractivity contribution in [2.75, 3.05) is 6.54 Å². The van der Waals surface area contributed by atoms with Crippen molar-refractivity contribution in [3.05, 3.63) is 29.8 Å². The Bertz CT molecular complexity index is 496. The molecule has 0 saturated carbocycles. The van der Waals surface area contributed by atoms with Crippen LogP contribution < -0.4 is 10.6 Å². The van der Waals surface area contributed by atoms with Crippen molar-refractivity contribution >= 4 is 16.0 Å². The van der Waals surface area contributed by atoms with Crippen LogP contribution in [0, 0.1) is 6.92 Å². The molecule has 0 aromatic heterocycles. The Balaban J connectivity index is 2.50. The van der Waals surface area contributed by atoms with Crippen LogP contribution in [0.15, 0.2) is 29.2 Å². The highest BCUT2D eigenvalue weighted by atomic mass is 32.2. The lowest BCUT2D eigenvalue weighted by Crippen LogP contribution is -2.25. The molecule has 0 bridgehead atoms. The fourth-order valence-corrected chi connectivity index (χ4v) is 2.37. The van der Waals surface area contributed by atoms with Crippen LogP contribution in [0.2, 0.25) is 0 Å². The van der Waals surface area contributed by atoms with Crippen LogP contribution >= 0.6 is 0 Å². The van der Waals surface area contributed by atoms with Gasteiger partial charge in [0.2, 0.25) is 10.0 Å². The zero-order valence-corrected chi connectivity index (χ0v) is 10.9. The molecule has 0 atom stereocenters. The molecular weight excluding hydrogens is 256 g/mol. The fourth-order valence-electron chi connectivity index (χ4n) is 1.30. The molecule has 0 aliphatic carbocycles. The number of nitrogens with one attached hydrogen (secondary N) is 1. The summed E-state index contributed by atoms with van der Waals surface area (Å²) in [5.41, 5.74) is 0.986. The van der Waals surface area contributed by atoms with Crippen molar-refractivity contribution in [1.29, 1.82) is 0 Å². The summed E-state index contributed by atoms with van der Waals surface area (Å²) in [6.45, 7) is 2.04. The van der Waals surface area contributed by atoms with Crippen LogP contribution in [0.5, 0.6) is 0 Å². The molecular formula is C11H16N2O4S. The monoisotopic (exact) mass is 272 g/mol. The molecule has 0 amide bonds. The van der Waals surface area contributed by atoms with Gasteiger partial charge in [0.15, 0.2) is 0 Å². The normalized spacial score (nSPS) is 11.2. The van der Waals surface area contributed by atoms with Crippen LogP contribution in [-0.2, 0) is 19.7 Å². The average molecular weight is 272 g/mol. The molecule has 0 heterocycles. The molecule has 100 valence electrons. The van der Waals surface area contributed by atoms with Crippen molar-refractivity contribution in [2.45, 2.75) is 24.7 Å². The van der Waals surface area contributed by atoms with Crippen LogP contribution in [0.1, 0.15) is 18.4 Å². The first-order chi connectivity index (χ1) is 8.45. The molecule has 0 unspecified atom stereocenters. The number of aryl methyl sites for hydroxylation is 1. The highest BCUT2D eigenvalue weighted by Gasteiger charge is 2.12. The topological polar surface area (TPSA) is 98.5 Å². The molecule has 0 spiro atoms. The molecule has 0 radical (unpaired) electrons. The van der Waals surface area contributed by atoms with Crippen LogP contribution in [0.25, 0.3) is 0 Å². The van der Waals surface area contributed by atoms with Gasteiger partial charge in [0.25, 0.3) is 0 Å². The van der Waals surface area contributed by atoms with Gasteiger partial charge < -0.3 is 4.84 Å². The van der Waals surface area contributed by atoms with E-state index in [1.165, 1.54) is 12.1 Å². The summed E-state index contributed by atoms with van der Waals surface area (Å²) in [6, 6.07) is 6.51. The van der Waals surface area contributed by atoms with E-state index in [-0.39, 0.29) is 17.9 Å². The Morgan fingerprint density at radius 3 is 2.50 bits per heavy atom. The van der Waals surface area contributed by atoms with Gasteiger partial charge in [0.05, 0.1) is 4.90 Å². The first kappa shape index (κ1) is 14.6. The quantitative estimate of drug-likeness (QED) is 0.579. The van der Waals surface area contributed by atoms with Gasteiger partial charge in [-0.1, -0.05) is 17.7 Å². The number of nitrogens with two attached hydrogens (primary N) is 1. The van der Waals surface area contributed by atoms with Gasteiger partial charge >= 0.3 is 5.97 Å². The third kappa shape index (κ3) is 4.44. The summed E-state index contributed by atoms with van der Waals surface area (Å²) in [5, 5.41) is 0. The standard InChI is InChI=1S/C11H16N2O4S/c1-9-4-6-10(7-5-9)18(15,16)13-8-2-3-11(14)17-12/h4-7,13H,2-3,8,12H2,1H3. The van der Waals surface area contributed by atoms with Crippen molar-refractivity contribution in [3.63, 3.8) is 0 Å². The lowest BCUT2D eigenvalue weighted by atomic mass is 10.2. The fraction of sp³-hybridized carbons (Fsp3) is 0.364. The van der Waals surface area contributed by atoms with Crippen molar-refractivity contribution < 1.29 is 18.0 Å². The van der Waals surface area contributed by atoms with Gasteiger partial charge in [-0.25, -0.2) is 13.1 Å². The second kappa shape index (κ2) is 6.48. The van der Waals surface area contributed by atoms with E-state index < -0.39 is 16.0 Å². The van der Waals surface area contributed by atoms with E-state index in [0.29, 0.717) is 6.42 Å². The Kier molecular flexibility index (Phi) is 5.26. The maximum atomic E-state index is 11.8. The molecule has 1 aromatic carbocycles. The van der Waals surface area contributed by atoms with E-state index in [2.05, 4.69) is 15.5 Å². The van der Waals surface area contributed by atoms with Crippen molar-refractivity contribution in [1.82, 2.24) is 4.72 Å². The molecule has 0 fully saturated rings. The molecule has 1 rings (SSSR count). The predicted octanol–water partition coefficient (Wildman–Crippen LogP) is 0.470. The number of hydrogen-bond donors (Lipinski definition) is 2. The Morgan fingerprint density at radius 2 is 1.94 bits per heavy atom. The third-order valence-corrected chi connectivity index (χ3v) is 3.79. The Hall–Kier alpha value is -1.44. The molecule has 7 heteroatoms. The molecule has 6 nitrogen and oxygen atoms in total. The Labute approximate surface area is 106 Å². The second-order valence-electron chi connectivity index (χ2n) is 3.80. The molecule has 0 aliphatic heterocycles. The minimum absolute atomic E-state index is 0.0763. The average Bonchev–Trinajstić information content (AvgIpc) is 2.35. The summed E-state index contributed by atoms with van der Waals surface area (Å²) < 4.78 is 26.0. The van der Waals surface area contributed by atoms with Gasteiger partial charge in [-0.2, -0.15) is 5.90 Å². The minimum Gasteiger partial charge on any atom is -0.373 e. The first-order valence-electron chi connectivity index (χ1n) is 5.41. The van der Waals surface area contributed by atoms with E-state index >= 15 is 0 Å². The van der Waals surface area contributed by atoms with E-state index in [1.54, 1.807) is 12.1 Å². The Morgan fingerprint density at radius 1 is 1.33 bits per heavy atom. The number of sulfonamides is 1. The van der Waals surface area contributed by atoms with Crippen LogP contribution in [0.4, 0.5) is 0 Å². The lowest BCUT2D eigenvalue weighted by Gasteiger charge is -2.06. The first-order valence-corrected chi connectivity index (χ1v) is 6.90. The molecule has 0 aliphatic rings. The maximum Gasteiger partial charge on any atom is 0.324 e. The lowest BCUT2D eigenvalue weighted by molar-refractivity contribution is -0.144. The minimum atomic E-state index is -3.52. The summed E-state index contributed by atoms with van der Waals surface area (Å²) in [6.07, 6.45) is 0.411. The summed E-state index contributed by atoms with van der Waals surface area (Å²) >= 11 is 0. The van der Waals surface area contributed by atoms with Crippen LogP contribution in [0.3, 0.4) is 0 Å². The maximum absolute atomic E-state index is 11.8. The molecule has 1 aromatic rings. The van der Waals surface area contributed by atoms with Crippen LogP contribution in [-0.4, -0.2) is 20.9 Å².